The van der Waals surface area contributed by atoms with Crippen molar-refractivity contribution >= 4 is 17.0 Å². The summed E-state index contributed by atoms with van der Waals surface area (Å²) in [7, 11) is 0. The molecule has 1 heterocycles. The summed E-state index contributed by atoms with van der Waals surface area (Å²) in [6.45, 7) is 4.35. The highest BCUT2D eigenvalue weighted by Crippen LogP contribution is 2.15. The third kappa shape index (κ3) is 10.3. The average Bonchev–Trinajstić information content (AvgIpc) is 2.78. The van der Waals surface area contributed by atoms with Crippen molar-refractivity contribution in [2.75, 3.05) is 0 Å². The first-order chi connectivity index (χ1) is 15.2. The first kappa shape index (κ1) is 25.4. The lowest BCUT2D eigenvalue weighted by Gasteiger charge is -2.03. The second-order valence-corrected chi connectivity index (χ2v) is 8.83. The van der Waals surface area contributed by atoms with Gasteiger partial charge in [0.15, 0.2) is 0 Å². The van der Waals surface area contributed by atoms with Crippen LogP contribution in [0.5, 0.6) is 0 Å². The minimum Gasteiger partial charge on any atom is -0.404 e. The van der Waals surface area contributed by atoms with Crippen LogP contribution < -0.4 is 5.63 Å². The van der Waals surface area contributed by atoms with E-state index in [4.69, 9.17) is 4.42 Å². The third-order valence-corrected chi connectivity index (χ3v) is 6.10. The van der Waals surface area contributed by atoms with E-state index in [0.717, 1.165) is 18.4 Å². The van der Waals surface area contributed by atoms with Crippen LogP contribution in [0, 0.1) is 0 Å². The first-order valence-electron chi connectivity index (χ1n) is 12.8. The Morgan fingerprint density at radius 2 is 1.39 bits per heavy atom. The highest BCUT2D eigenvalue weighted by Gasteiger charge is 2.05. The van der Waals surface area contributed by atoms with Gasteiger partial charge in [0.25, 0.3) is 0 Å². The molecule has 172 valence electrons. The Bertz CT molecular complexity index is 821. The van der Waals surface area contributed by atoms with Crippen molar-refractivity contribution in [3.8, 4) is 0 Å². The van der Waals surface area contributed by atoms with Gasteiger partial charge in [-0.3, -0.25) is 0 Å². The van der Waals surface area contributed by atoms with Crippen LogP contribution in [-0.2, 0) is 6.42 Å². The van der Waals surface area contributed by atoms with E-state index < -0.39 is 0 Å². The van der Waals surface area contributed by atoms with E-state index in [2.05, 4.69) is 24.9 Å². The van der Waals surface area contributed by atoms with Crippen LogP contribution in [-0.4, -0.2) is 4.98 Å². The Kier molecular flexibility index (Phi) is 13.0. The van der Waals surface area contributed by atoms with E-state index >= 15 is 0 Å². The van der Waals surface area contributed by atoms with Crippen LogP contribution in [0.1, 0.15) is 122 Å². The lowest BCUT2D eigenvalue weighted by molar-refractivity contribution is 0.490. The highest BCUT2D eigenvalue weighted by molar-refractivity contribution is 5.78. The molecule has 0 unspecified atom stereocenters. The molecule has 0 saturated carbocycles. The van der Waals surface area contributed by atoms with Crippen LogP contribution in [0.2, 0.25) is 0 Å². The van der Waals surface area contributed by atoms with Gasteiger partial charge in [-0.2, -0.15) is 0 Å². The molecule has 3 heteroatoms. The van der Waals surface area contributed by atoms with E-state index in [-0.39, 0.29) is 5.63 Å². The summed E-state index contributed by atoms with van der Waals surface area (Å²) in [5, 5.41) is 0.573. The fourth-order valence-corrected chi connectivity index (χ4v) is 4.07. The number of aromatic nitrogens is 1. The maximum absolute atomic E-state index is 12.2. The quantitative estimate of drug-likeness (QED) is 0.238. The smallest absolute Gasteiger partial charge is 0.347 e. The van der Waals surface area contributed by atoms with Crippen molar-refractivity contribution in [1.29, 1.82) is 0 Å². The van der Waals surface area contributed by atoms with Gasteiger partial charge in [-0.15, -0.1) is 0 Å². The number of nitrogens with zero attached hydrogens (tertiary/aromatic N) is 1. The monoisotopic (exact) mass is 425 g/mol. The minimum atomic E-state index is -0.295. The number of allylic oxidation sites excluding steroid dienone is 1. The van der Waals surface area contributed by atoms with Crippen molar-refractivity contribution in [2.45, 2.75) is 117 Å². The van der Waals surface area contributed by atoms with E-state index in [1.807, 2.05) is 24.3 Å². The van der Waals surface area contributed by atoms with Gasteiger partial charge in [-0.25, -0.2) is 9.78 Å². The van der Waals surface area contributed by atoms with Crippen molar-refractivity contribution < 1.29 is 4.42 Å². The summed E-state index contributed by atoms with van der Waals surface area (Å²) in [5.41, 5.74) is 1.55. The normalized spacial score (nSPS) is 11.7. The Labute approximate surface area is 189 Å². The topological polar surface area (TPSA) is 43.1 Å². The molecular formula is C28H43NO2. The summed E-state index contributed by atoms with van der Waals surface area (Å²) in [6, 6.07) is 5.82. The molecule has 0 aliphatic carbocycles. The lowest BCUT2D eigenvalue weighted by Crippen LogP contribution is -2.03. The van der Waals surface area contributed by atoms with E-state index in [1.165, 1.54) is 89.9 Å². The molecule has 2 rings (SSSR count). The van der Waals surface area contributed by atoms with E-state index in [1.54, 1.807) is 0 Å². The van der Waals surface area contributed by atoms with E-state index in [9.17, 15) is 4.79 Å². The standard InChI is InChI=1S/C28H43NO2/c1-3-5-6-7-8-9-10-11-12-13-14-15-16-17-18-19-20-27-29-26-22-21-24(4-2)23-25(26)28(30)31-27/h19-23H,3-18H2,1-2H3/b20-19-. The molecule has 1 aromatic carbocycles. The molecule has 3 nitrogen and oxygen atoms in total. The van der Waals surface area contributed by atoms with Crippen LogP contribution in [0.4, 0.5) is 0 Å². The zero-order chi connectivity index (χ0) is 22.2. The highest BCUT2D eigenvalue weighted by atomic mass is 16.4. The fraction of sp³-hybridized carbons (Fsp3) is 0.643. The maximum atomic E-state index is 12.2. The number of rotatable bonds is 17. The summed E-state index contributed by atoms with van der Waals surface area (Å²) >= 11 is 0. The van der Waals surface area contributed by atoms with E-state index in [0.29, 0.717) is 16.8 Å². The van der Waals surface area contributed by atoms with Crippen LogP contribution in [0.25, 0.3) is 17.0 Å². The molecule has 0 spiro atoms. The first-order valence-corrected chi connectivity index (χ1v) is 12.8. The zero-order valence-corrected chi connectivity index (χ0v) is 20.0. The Balaban J connectivity index is 1.51. The van der Waals surface area contributed by atoms with Gasteiger partial charge in [-0.1, -0.05) is 109 Å². The average molecular weight is 426 g/mol. The molecule has 0 bridgehead atoms. The Hall–Kier alpha value is -1.90. The molecule has 0 N–H and O–H groups in total. The van der Waals surface area contributed by atoms with Crippen molar-refractivity contribution in [3.05, 3.63) is 46.1 Å². The fourth-order valence-electron chi connectivity index (χ4n) is 4.07. The molecule has 2 aromatic rings. The van der Waals surface area contributed by atoms with Gasteiger partial charge in [0.1, 0.15) is 0 Å². The van der Waals surface area contributed by atoms with Gasteiger partial charge in [-0.05, 0) is 43.0 Å². The van der Waals surface area contributed by atoms with Crippen LogP contribution >= 0.6 is 0 Å². The third-order valence-electron chi connectivity index (χ3n) is 6.10. The Morgan fingerprint density at radius 1 is 0.806 bits per heavy atom. The largest absolute Gasteiger partial charge is 0.404 e. The predicted octanol–water partition coefficient (Wildman–Crippen LogP) is 8.64. The number of unbranched alkanes of at least 4 members (excludes halogenated alkanes) is 14. The number of fused-ring (bicyclic) bond motifs is 1. The molecule has 31 heavy (non-hydrogen) atoms. The zero-order valence-electron chi connectivity index (χ0n) is 20.0. The molecular weight excluding hydrogens is 382 g/mol. The molecule has 0 aliphatic heterocycles. The second-order valence-electron chi connectivity index (χ2n) is 8.83. The molecule has 0 radical (unpaired) electrons. The van der Waals surface area contributed by atoms with Crippen molar-refractivity contribution in [2.24, 2.45) is 0 Å². The van der Waals surface area contributed by atoms with Gasteiger partial charge < -0.3 is 4.42 Å². The van der Waals surface area contributed by atoms with Crippen molar-refractivity contribution in [3.63, 3.8) is 0 Å². The summed E-state index contributed by atoms with van der Waals surface area (Å²) < 4.78 is 5.36. The number of hydrogen-bond donors (Lipinski definition) is 0. The predicted molar refractivity (Wildman–Crippen MR) is 134 cm³/mol. The van der Waals surface area contributed by atoms with Crippen LogP contribution in [0.15, 0.2) is 33.5 Å². The number of hydrogen-bond acceptors (Lipinski definition) is 3. The number of aryl methyl sites for hydroxylation is 1. The lowest BCUT2D eigenvalue weighted by atomic mass is 10.0. The molecule has 0 fully saturated rings. The SMILES string of the molecule is CCCCCCCCCCCCCCCC/C=C\c1nc2ccc(CC)cc2c(=O)o1. The maximum Gasteiger partial charge on any atom is 0.347 e. The summed E-state index contributed by atoms with van der Waals surface area (Å²) in [5.74, 6) is 0.409. The van der Waals surface area contributed by atoms with Crippen LogP contribution in [0.3, 0.4) is 0 Å². The van der Waals surface area contributed by atoms with Gasteiger partial charge >= 0.3 is 5.63 Å². The number of benzene rings is 1. The van der Waals surface area contributed by atoms with Gasteiger partial charge in [0.2, 0.25) is 5.89 Å². The molecule has 0 aliphatic rings. The summed E-state index contributed by atoms with van der Waals surface area (Å²) in [6.07, 6.45) is 25.1. The second kappa shape index (κ2) is 15.8. The summed E-state index contributed by atoms with van der Waals surface area (Å²) in [4.78, 5) is 16.7. The molecule has 0 atom stereocenters. The minimum absolute atomic E-state index is 0.295. The molecule has 0 amide bonds. The van der Waals surface area contributed by atoms with Gasteiger partial charge in [0.05, 0.1) is 10.9 Å². The Morgan fingerprint density at radius 3 is 1.97 bits per heavy atom. The van der Waals surface area contributed by atoms with Crippen molar-refractivity contribution in [1.82, 2.24) is 4.98 Å². The van der Waals surface area contributed by atoms with Gasteiger partial charge in [0, 0.05) is 0 Å². The molecule has 0 saturated heterocycles. The molecule has 1 aromatic heterocycles.